The van der Waals surface area contributed by atoms with Crippen molar-refractivity contribution in [2.45, 2.75) is 58.8 Å². The number of rotatable bonds is 2. The summed E-state index contributed by atoms with van der Waals surface area (Å²) in [6.45, 7) is 4.79. The van der Waals surface area contributed by atoms with Gasteiger partial charge in [0.15, 0.2) is 5.78 Å². The van der Waals surface area contributed by atoms with Gasteiger partial charge < -0.3 is 0 Å². The van der Waals surface area contributed by atoms with E-state index in [1.165, 1.54) is 36.8 Å². The number of ketones is 1. The van der Waals surface area contributed by atoms with Crippen LogP contribution in [0.15, 0.2) is 34.9 Å². The fourth-order valence-corrected chi connectivity index (χ4v) is 5.70. The second kappa shape index (κ2) is 5.51. The summed E-state index contributed by atoms with van der Waals surface area (Å²) in [6, 6.07) is 0. The summed E-state index contributed by atoms with van der Waals surface area (Å²) in [4.78, 5) is 11.7. The van der Waals surface area contributed by atoms with Crippen molar-refractivity contribution < 1.29 is 4.79 Å². The SMILES string of the molecule is CCC(C)C1CC[C@@H]2C1C=CC1=C3CCC(=O)C=C3CC[C@H]12. The van der Waals surface area contributed by atoms with Gasteiger partial charge in [0.1, 0.15) is 0 Å². The van der Waals surface area contributed by atoms with Gasteiger partial charge in [0.2, 0.25) is 0 Å². The molecule has 0 aromatic carbocycles. The van der Waals surface area contributed by atoms with Crippen molar-refractivity contribution in [1.29, 1.82) is 0 Å². The second-order valence-electron chi connectivity index (χ2n) is 7.94. The molecule has 0 heterocycles. The summed E-state index contributed by atoms with van der Waals surface area (Å²) in [7, 11) is 0. The van der Waals surface area contributed by atoms with Crippen LogP contribution in [0.5, 0.6) is 0 Å². The molecule has 0 aliphatic heterocycles. The van der Waals surface area contributed by atoms with Gasteiger partial charge in [-0.1, -0.05) is 32.4 Å². The van der Waals surface area contributed by atoms with Gasteiger partial charge in [-0.2, -0.15) is 0 Å². The Labute approximate surface area is 134 Å². The lowest BCUT2D eigenvalue weighted by Crippen LogP contribution is -2.31. The smallest absolute Gasteiger partial charge is 0.156 e. The summed E-state index contributed by atoms with van der Waals surface area (Å²) in [6.07, 6.45) is 15.3. The largest absolute Gasteiger partial charge is 0.295 e. The molecule has 4 rings (SSSR count). The Hall–Kier alpha value is -1.11. The van der Waals surface area contributed by atoms with E-state index in [0.29, 0.717) is 5.78 Å². The molecule has 4 aliphatic carbocycles. The number of hydrogen-bond donors (Lipinski definition) is 0. The van der Waals surface area contributed by atoms with Gasteiger partial charge in [-0.15, -0.1) is 0 Å². The van der Waals surface area contributed by atoms with Crippen molar-refractivity contribution in [2.24, 2.45) is 29.6 Å². The lowest BCUT2D eigenvalue weighted by Gasteiger charge is -2.40. The predicted octanol–water partition coefficient (Wildman–Crippen LogP) is 5.24. The molecule has 1 fully saturated rings. The zero-order chi connectivity index (χ0) is 15.3. The van der Waals surface area contributed by atoms with Crippen molar-refractivity contribution >= 4 is 5.78 Å². The predicted molar refractivity (Wildman–Crippen MR) is 90.4 cm³/mol. The van der Waals surface area contributed by atoms with E-state index in [0.717, 1.165) is 48.9 Å². The number of hydrogen-bond acceptors (Lipinski definition) is 1. The number of allylic oxidation sites excluding steroid dienone is 6. The zero-order valence-electron chi connectivity index (χ0n) is 14.0. The summed E-state index contributed by atoms with van der Waals surface area (Å²) in [5.74, 6) is 4.59. The Balaban J connectivity index is 1.69. The molecule has 0 amide bonds. The molecule has 5 atom stereocenters. The summed E-state index contributed by atoms with van der Waals surface area (Å²) < 4.78 is 0. The minimum absolute atomic E-state index is 0.341. The molecular formula is C21H28O. The molecule has 4 aliphatic rings. The van der Waals surface area contributed by atoms with E-state index in [2.05, 4.69) is 26.0 Å². The molecule has 0 aromatic rings. The van der Waals surface area contributed by atoms with Crippen molar-refractivity contribution in [2.75, 3.05) is 0 Å². The monoisotopic (exact) mass is 296 g/mol. The lowest BCUT2D eigenvalue weighted by molar-refractivity contribution is -0.114. The Bertz CT molecular complexity index is 577. The number of carbonyl (C=O) groups excluding carboxylic acids is 1. The average Bonchev–Trinajstić information content (AvgIpc) is 2.97. The van der Waals surface area contributed by atoms with Crippen LogP contribution in [0.2, 0.25) is 0 Å². The van der Waals surface area contributed by atoms with Gasteiger partial charge in [0.25, 0.3) is 0 Å². The molecule has 0 saturated heterocycles. The average molecular weight is 296 g/mol. The topological polar surface area (TPSA) is 17.1 Å². The van der Waals surface area contributed by atoms with Crippen molar-refractivity contribution in [3.8, 4) is 0 Å². The summed E-state index contributed by atoms with van der Waals surface area (Å²) >= 11 is 0. The molecule has 0 bridgehead atoms. The summed E-state index contributed by atoms with van der Waals surface area (Å²) in [5, 5.41) is 0. The Kier molecular flexibility index (Phi) is 3.63. The van der Waals surface area contributed by atoms with E-state index < -0.39 is 0 Å². The van der Waals surface area contributed by atoms with Gasteiger partial charge in [-0.25, -0.2) is 0 Å². The van der Waals surface area contributed by atoms with Crippen molar-refractivity contribution in [1.82, 2.24) is 0 Å². The van der Waals surface area contributed by atoms with E-state index in [4.69, 9.17) is 0 Å². The molecule has 1 saturated carbocycles. The van der Waals surface area contributed by atoms with Crippen LogP contribution in [0.4, 0.5) is 0 Å². The van der Waals surface area contributed by atoms with Crippen LogP contribution in [-0.2, 0) is 4.79 Å². The molecule has 1 heteroatoms. The molecule has 1 nitrogen and oxygen atoms in total. The number of fused-ring (bicyclic) bond motifs is 4. The molecule has 0 N–H and O–H groups in total. The third-order valence-corrected chi connectivity index (χ3v) is 7.03. The van der Waals surface area contributed by atoms with E-state index in [1.807, 2.05) is 6.08 Å². The quantitative estimate of drug-likeness (QED) is 0.681. The normalized spacial score (nSPS) is 38.3. The molecule has 118 valence electrons. The first kappa shape index (κ1) is 14.5. The Morgan fingerprint density at radius 1 is 1.18 bits per heavy atom. The van der Waals surface area contributed by atoms with E-state index >= 15 is 0 Å². The highest BCUT2D eigenvalue weighted by atomic mass is 16.1. The fraction of sp³-hybridized carbons (Fsp3) is 0.667. The van der Waals surface area contributed by atoms with Crippen LogP contribution in [0.3, 0.4) is 0 Å². The molecular weight excluding hydrogens is 268 g/mol. The third kappa shape index (κ3) is 2.16. The minimum atomic E-state index is 0.341. The summed E-state index contributed by atoms with van der Waals surface area (Å²) in [5.41, 5.74) is 4.51. The van der Waals surface area contributed by atoms with Gasteiger partial charge in [-0.3, -0.25) is 4.79 Å². The van der Waals surface area contributed by atoms with Crippen LogP contribution in [0, 0.1) is 29.6 Å². The van der Waals surface area contributed by atoms with Crippen LogP contribution < -0.4 is 0 Å². The highest BCUT2D eigenvalue weighted by Crippen LogP contribution is 2.54. The van der Waals surface area contributed by atoms with Crippen LogP contribution in [-0.4, -0.2) is 5.78 Å². The Morgan fingerprint density at radius 2 is 2.05 bits per heavy atom. The third-order valence-electron chi connectivity index (χ3n) is 7.03. The first-order valence-electron chi connectivity index (χ1n) is 9.34. The van der Waals surface area contributed by atoms with Gasteiger partial charge in [0.05, 0.1) is 0 Å². The molecule has 22 heavy (non-hydrogen) atoms. The van der Waals surface area contributed by atoms with E-state index in [9.17, 15) is 4.79 Å². The van der Waals surface area contributed by atoms with Crippen molar-refractivity contribution in [3.63, 3.8) is 0 Å². The zero-order valence-corrected chi connectivity index (χ0v) is 14.0. The molecule has 0 radical (unpaired) electrons. The van der Waals surface area contributed by atoms with Crippen molar-refractivity contribution in [3.05, 3.63) is 34.9 Å². The Morgan fingerprint density at radius 3 is 2.86 bits per heavy atom. The minimum Gasteiger partial charge on any atom is -0.295 e. The van der Waals surface area contributed by atoms with Gasteiger partial charge in [-0.05, 0) is 84.5 Å². The maximum Gasteiger partial charge on any atom is 0.156 e. The first-order valence-corrected chi connectivity index (χ1v) is 9.34. The highest BCUT2D eigenvalue weighted by molar-refractivity contribution is 5.93. The van der Waals surface area contributed by atoms with Gasteiger partial charge in [0, 0.05) is 6.42 Å². The maximum absolute atomic E-state index is 11.7. The number of carbonyl (C=O) groups is 1. The molecule has 0 spiro atoms. The maximum atomic E-state index is 11.7. The van der Waals surface area contributed by atoms with E-state index in [1.54, 1.807) is 5.57 Å². The second-order valence-corrected chi connectivity index (χ2v) is 7.94. The fourth-order valence-electron chi connectivity index (χ4n) is 5.70. The van der Waals surface area contributed by atoms with E-state index in [-0.39, 0.29) is 0 Å². The lowest BCUT2D eigenvalue weighted by atomic mass is 9.64. The molecule has 0 aromatic heterocycles. The van der Waals surface area contributed by atoms with Crippen LogP contribution in [0.1, 0.15) is 58.8 Å². The van der Waals surface area contributed by atoms with Crippen LogP contribution >= 0.6 is 0 Å². The van der Waals surface area contributed by atoms with Crippen LogP contribution in [0.25, 0.3) is 0 Å². The van der Waals surface area contributed by atoms with Gasteiger partial charge >= 0.3 is 0 Å². The molecule has 3 unspecified atom stereocenters. The standard InChI is InChI=1S/C21H28O/c1-3-13(2)16-8-9-21-18(16)10-11-19-17-7-5-15(22)12-14(17)4-6-20(19)21/h10-13,16,18,20-21H,3-9H2,1-2H3/t13?,16?,18?,20-,21-/m1/s1. The first-order chi connectivity index (χ1) is 10.7. The highest BCUT2D eigenvalue weighted by Gasteiger charge is 2.45.